The third-order valence-electron chi connectivity index (χ3n) is 5.38. The topological polar surface area (TPSA) is 116 Å². The van der Waals surface area contributed by atoms with Crippen LogP contribution in [-0.2, 0) is 10.2 Å². The number of carboxylic acids is 1. The molecule has 0 atom stereocenters. The van der Waals surface area contributed by atoms with Crippen LogP contribution in [0.1, 0.15) is 44.2 Å². The van der Waals surface area contributed by atoms with E-state index in [-0.39, 0.29) is 34.7 Å². The number of oxazole rings is 1. The van der Waals surface area contributed by atoms with Gasteiger partial charge >= 0.3 is 11.7 Å². The Labute approximate surface area is 201 Å². The van der Waals surface area contributed by atoms with Gasteiger partial charge in [-0.3, -0.25) is 14.9 Å². The van der Waals surface area contributed by atoms with Gasteiger partial charge in [0.1, 0.15) is 11.3 Å². The molecule has 1 aromatic heterocycles. The molecule has 0 aliphatic heterocycles. The monoisotopic (exact) mass is 472 g/mol. The van der Waals surface area contributed by atoms with Gasteiger partial charge in [0.2, 0.25) is 11.6 Å². The van der Waals surface area contributed by atoms with Crippen LogP contribution in [0.3, 0.4) is 0 Å². The summed E-state index contributed by atoms with van der Waals surface area (Å²) in [5.41, 5.74) is 2.66. The van der Waals surface area contributed by atoms with Gasteiger partial charge in [-0.1, -0.05) is 51.1 Å². The van der Waals surface area contributed by atoms with Crippen molar-refractivity contribution in [3.05, 3.63) is 93.9 Å². The first-order valence-corrected chi connectivity index (χ1v) is 11.0. The van der Waals surface area contributed by atoms with Crippen molar-refractivity contribution < 1.29 is 24.0 Å². The van der Waals surface area contributed by atoms with Crippen molar-refractivity contribution in [3.63, 3.8) is 0 Å². The maximum absolute atomic E-state index is 11.8. The molecule has 0 unspecified atom stereocenters. The first kappa shape index (κ1) is 23.7. The highest BCUT2D eigenvalue weighted by Crippen LogP contribution is 2.35. The lowest BCUT2D eigenvalue weighted by molar-refractivity contribution is -0.385. The highest BCUT2D eigenvalue weighted by Gasteiger charge is 2.19. The van der Waals surface area contributed by atoms with Crippen molar-refractivity contribution >= 4 is 34.4 Å². The second-order valence-corrected chi connectivity index (χ2v) is 9.09. The molecule has 0 aliphatic carbocycles. The minimum Gasteiger partial charge on any atom is -0.481 e. The Bertz CT molecular complexity index is 1400. The van der Waals surface area contributed by atoms with E-state index >= 15 is 0 Å². The van der Waals surface area contributed by atoms with Crippen LogP contribution >= 0.6 is 0 Å². The zero-order valence-electron chi connectivity index (χ0n) is 19.5. The first-order chi connectivity index (χ1) is 16.6. The highest BCUT2D eigenvalue weighted by molar-refractivity contribution is 5.91. The number of nitro groups is 1. The van der Waals surface area contributed by atoms with Gasteiger partial charge in [-0.2, -0.15) is 0 Å². The SMILES string of the molecule is CC(C)(C)c1ccc(Oc2ccc(/C=C(/CC(=O)O)c3nc4ccccc4o3)cc2[N+](=O)[O-])cc1. The number of hydrogen-bond acceptors (Lipinski definition) is 6. The van der Waals surface area contributed by atoms with Crippen molar-refractivity contribution in [1.29, 1.82) is 0 Å². The number of fused-ring (bicyclic) bond motifs is 1. The van der Waals surface area contributed by atoms with Crippen LogP contribution in [0.15, 0.2) is 71.1 Å². The van der Waals surface area contributed by atoms with E-state index in [0.717, 1.165) is 5.56 Å². The molecule has 0 bridgehead atoms. The van der Waals surface area contributed by atoms with Gasteiger partial charge in [-0.15, -0.1) is 0 Å². The zero-order valence-corrected chi connectivity index (χ0v) is 19.5. The largest absolute Gasteiger partial charge is 0.481 e. The lowest BCUT2D eigenvalue weighted by Crippen LogP contribution is -2.10. The Morgan fingerprint density at radius 1 is 1.11 bits per heavy atom. The first-order valence-electron chi connectivity index (χ1n) is 11.0. The molecule has 0 fully saturated rings. The van der Waals surface area contributed by atoms with Crippen LogP contribution in [0.4, 0.5) is 5.69 Å². The van der Waals surface area contributed by atoms with E-state index < -0.39 is 10.9 Å². The van der Waals surface area contributed by atoms with Crippen LogP contribution in [0.2, 0.25) is 0 Å². The number of para-hydroxylation sites is 2. The van der Waals surface area contributed by atoms with Crippen LogP contribution in [0, 0.1) is 10.1 Å². The van der Waals surface area contributed by atoms with Crippen LogP contribution in [-0.4, -0.2) is 21.0 Å². The molecule has 3 aromatic carbocycles. The Kier molecular flexibility index (Phi) is 6.38. The fourth-order valence-electron chi connectivity index (χ4n) is 3.57. The number of carboxylic acid groups (broad SMARTS) is 1. The number of rotatable bonds is 7. The molecule has 0 aliphatic rings. The van der Waals surface area contributed by atoms with E-state index in [4.69, 9.17) is 9.15 Å². The average molecular weight is 472 g/mol. The average Bonchev–Trinajstić information content (AvgIpc) is 3.23. The van der Waals surface area contributed by atoms with Crippen LogP contribution in [0.5, 0.6) is 11.5 Å². The molecule has 8 nitrogen and oxygen atoms in total. The third-order valence-corrected chi connectivity index (χ3v) is 5.38. The summed E-state index contributed by atoms with van der Waals surface area (Å²) in [6, 6.07) is 18.9. The zero-order chi connectivity index (χ0) is 25.2. The number of benzene rings is 3. The Hall–Kier alpha value is -4.46. The minimum absolute atomic E-state index is 0.0269. The summed E-state index contributed by atoms with van der Waals surface area (Å²) in [5.74, 6) is -0.373. The van der Waals surface area contributed by atoms with Crippen molar-refractivity contribution in [3.8, 4) is 11.5 Å². The molecular formula is C27H24N2O6. The number of hydrogen-bond donors (Lipinski definition) is 1. The molecule has 4 rings (SSSR count). The van der Waals surface area contributed by atoms with E-state index in [1.165, 1.54) is 18.2 Å². The highest BCUT2D eigenvalue weighted by atomic mass is 16.6. The summed E-state index contributed by atoms with van der Waals surface area (Å²) >= 11 is 0. The number of aromatic nitrogens is 1. The third kappa shape index (κ3) is 5.55. The lowest BCUT2D eigenvalue weighted by Gasteiger charge is -2.19. The van der Waals surface area contributed by atoms with Crippen molar-refractivity contribution in [2.45, 2.75) is 32.6 Å². The normalized spacial score (nSPS) is 12.0. The van der Waals surface area contributed by atoms with E-state index in [1.807, 2.05) is 12.1 Å². The van der Waals surface area contributed by atoms with E-state index in [2.05, 4.69) is 25.8 Å². The van der Waals surface area contributed by atoms with Crippen molar-refractivity contribution in [1.82, 2.24) is 4.98 Å². The molecule has 0 radical (unpaired) electrons. The second-order valence-electron chi connectivity index (χ2n) is 9.09. The van der Waals surface area contributed by atoms with Gasteiger partial charge < -0.3 is 14.3 Å². The number of carbonyl (C=O) groups is 1. The maximum Gasteiger partial charge on any atom is 0.312 e. The van der Waals surface area contributed by atoms with E-state index in [1.54, 1.807) is 42.5 Å². The molecule has 178 valence electrons. The molecule has 4 aromatic rings. The van der Waals surface area contributed by atoms with Gasteiger partial charge in [0, 0.05) is 11.6 Å². The Balaban J connectivity index is 1.68. The van der Waals surface area contributed by atoms with Crippen molar-refractivity contribution in [2.24, 2.45) is 0 Å². The van der Waals surface area contributed by atoms with Gasteiger partial charge in [-0.25, -0.2) is 4.98 Å². The smallest absolute Gasteiger partial charge is 0.312 e. The molecule has 1 heterocycles. The number of nitro benzene ring substituents is 1. The predicted molar refractivity (Wildman–Crippen MR) is 132 cm³/mol. The summed E-state index contributed by atoms with van der Waals surface area (Å²) in [5, 5.41) is 21.2. The molecule has 0 amide bonds. The van der Waals surface area contributed by atoms with Crippen LogP contribution < -0.4 is 4.74 Å². The molecule has 0 spiro atoms. The summed E-state index contributed by atoms with van der Waals surface area (Å²) in [6.45, 7) is 6.29. The summed E-state index contributed by atoms with van der Waals surface area (Å²) in [6.07, 6.45) is 1.16. The van der Waals surface area contributed by atoms with Gasteiger partial charge in [0.05, 0.1) is 11.3 Å². The van der Waals surface area contributed by atoms with Gasteiger partial charge in [0.15, 0.2) is 5.58 Å². The van der Waals surface area contributed by atoms with Crippen LogP contribution in [0.25, 0.3) is 22.7 Å². The standard InChI is InChI=1S/C27H24N2O6/c1-27(2,3)19-9-11-20(12-10-19)34-24-13-8-17(15-22(24)29(32)33)14-18(16-25(30)31)26-28-21-6-4-5-7-23(21)35-26/h4-15H,16H2,1-3H3,(H,30,31)/b18-14-. The maximum atomic E-state index is 11.8. The van der Waals surface area contributed by atoms with Gasteiger partial charge in [0.25, 0.3) is 0 Å². The molecule has 0 saturated carbocycles. The fraction of sp³-hybridized carbons (Fsp3) is 0.185. The quantitative estimate of drug-likeness (QED) is 0.231. The van der Waals surface area contributed by atoms with Crippen molar-refractivity contribution in [2.75, 3.05) is 0 Å². The molecule has 1 N–H and O–H groups in total. The fourth-order valence-corrected chi connectivity index (χ4v) is 3.57. The Morgan fingerprint density at radius 3 is 2.46 bits per heavy atom. The molecule has 8 heteroatoms. The lowest BCUT2D eigenvalue weighted by atomic mass is 9.87. The second kappa shape index (κ2) is 9.42. The van der Waals surface area contributed by atoms with Gasteiger partial charge in [-0.05, 0) is 52.9 Å². The molecule has 35 heavy (non-hydrogen) atoms. The summed E-state index contributed by atoms with van der Waals surface area (Å²) in [4.78, 5) is 27.1. The van der Waals surface area contributed by atoms with E-state index in [9.17, 15) is 20.0 Å². The number of aliphatic carboxylic acids is 1. The number of nitrogens with zero attached hydrogens (tertiary/aromatic N) is 2. The molecular weight excluding hydrogens is 448 g/mol. The van der Waals surface area contributed by atoms with E-state index in [0.29, 0.717) is 22.4 Å². The summed E-state index contributed by atoms with van der Waals surface area (Å²) in [7, 11) is 0. The Morgan fingerprint density at radius 2 is 1.83 bits per heavy atom. The summed E-state index contributed by atoms with van der Waals surface area (Å²) < 4.78 is 11.5. The number of ether oxygens (including phenoxy) is 1. The predicted octanol–water partition coefficient (Wildman–Crippen LogP) is 6.84. The minimum atomic E-state index is -1.08. The molecule has 0 saturated heterocycles.